The van der Waals surface area contributed by atoms with Gasteiger partial charge in [0.1, 0.15) is 5.60 Å². The van der Waals surface area contributed by atoms with E-state index in [0.29, 0.717) is 13.1 Å². The second kappa shape index (κ2) is 8.48. The molecule has 0 aromatic carbocycles. The average Bonchev–Trinajstić information content (AvgIpc) is 2.41. The number of nitrogens with zero attached hydrogens (tertiary/aromatic N) is 2. The monoisotopic (exact) mass is 306 g/mol. The Balaban J connectivity index is 2.24. The van der Waals surface area contributed by atoms with Crippen LogP contribution < -0.4 is 10.6 Å². The highest BCUT2D eigenvalue weighted by Crippen LogP contribution is 2.10. The van der Waals surface area contributed by atoms with Crippen molar-refractivity contribution < 1.29 is 9.53 Å². The second-order valence-electron chi connectivity index (χ2n) is 6.01. The molecule has 0 spiro atoms. The zero-order valence-electron chi connectivity index (χ0n) is 14.0. The van der Waals surface area contributed by atoms with E-state index in [1.165, 1.54) is 0 Å². The minimum atomic E-state index is -0.473. The molecule has 0 aliphatic rings. The Kier molecular flexibility index (Phi) is 6.98. The number of rotatable bonds is 6. The first-order valence-corrected chi connectivity index (χ1v) is 7.42. The van der Waals surface area contributed by atoms with Crippen molar-refractivity contribution >= 4 is 6.09 Å². The highest BCUT2D eigenvalue weighted by Gasteiger charge is 2.15. The summed E-state index contributed by atoms with van der Waals surface area (Å²) in [6.07, 6.45) is 6.82. The fourth-order valence-electron chi connectivity index (χ4n) is 1.81. The van der Waals surface area contributed by atoms with Gasteiger partial charge < -0.3 is 15.4 Å². The molecule has 0 bridgehead atoms. The molecular formula is C16H26N4O2. The lowest BCUT2D eigenvalue weighted by atomic mass is 10.2. The van der Waals surface area contributed by atoms with Gasteiger partial charge in [-0.1, -0.05) is 12.2 Å². The minimum absolute atomic E-state index is 0.122. The Hall–Kier alpha value is -1.95. The Labute approximate surface area is 132 Å². The van der Waals surface area contributed by atoms with E-state index in [0.717, 1.165) is 11.4 Å². The van der Waals surface area contributed by atoms with Crippen LogP contribution in [0.3, 0.4) is 0 Å². The molecule has 6 nitrogen and oxygen atoms in total. The number of ether oxygens (including phenoxy) is 1. The molecule has 0 aliphatic carbocycles. The highest BCUT2D eigenvalue weighted by molar-refractivity contribution is 5.67. The summed E-state index contributed by atoms with van der Waals surface area (Å²) in [7, 11) is 0. The van der Waals surface area contributed by atoms with Crippen LogP contribution in [0.5, 0.6) is 0 Å². The van der Waals surface area contributed by atoms with Crippen LogP contribution in [0.1, 0.15) is 45.1 Å². The number of nitrogens with one attached hydrogen (secondary N) is 2. The van der Waals surface area contributed by atoms with Crippen LogP contribution in [0.2, 0.25) is 0 Å². The van der Waals surface area contributed by atoms with Gasteiger partial charge in [0.25, 0.3) is 0 Å². The lowest BCUT2D eigenvalue weighted by Crippen LogP contribution is -2.32. The van der Waals surface area contributed by atoms with Gasteiger partial charge in [-0.2, -0.15) is 0 Å². The van der Waals surface area contributed by atoms with E-state index in [4.69, 9.17) is 4.74 Å². The number of hydrogen-bond donors (Lipinski definition) is 2. The summed E-state index contributed by atoms with van der Waals surface area (Å²) in [5.41, 5.74) is 1.40. The van der Waals surface area contributed by atoms with E-state index in [1.54, 1.807) is 12.4 Å². The summed E-state index contributed by atoms with van der Waals surface area (Å²) < 4.78 is 5.14. The summed E-state index contributed by atoms with van der Waals surface area (Å²) in [6.45, 7) is 10.6. The Morgan fingerprint density at radius 2 is 1.91 bits per heavy atom. The standard InChI is InChI=1S/C16H26N4O2/c1-12(14-13(2)18-10-11-19-14)17-8-6-7-9-20-15(21)22-16(3,4)5/h6-7,10-12,17H,8-9H2,1-5H3,(H,20,21)/b7-6+. The average molecular weight is 306 g/mol. The molecule has 0 aliphatic heterocycles. The van der Waals surface area contributed by atoms with Gasteiger partial charge in [-0.3, -0.25) is 9.97 Å². The smallest absolute Gasteiger partial charge is 0.407 e. The van der Waals surface area contributed by atoms with Crippen LogP contribution >= 0.6 is 0 Å². The third-order valence-corrected chi connectivity index (χ3v) is 2.80. The number of aryl methyl sites for hydroxylation is 1. The van der Waals surface area contributed by atoms with Crippen LogP contribution in [0.4, 0.5) is 4.79 Å². The fourth-order valence-corrected chi connectivity index (χ4v) is 1.81. The zero-order valence-corrected chi connectivity index (χ0v) is 14.0. The topological polar surface area (TPSA) is 76.1 Å². The normalized spacial score (nSPS) is 13.1. The van der Waals surface area contributed by atoms with Gasteiger partial charge in [-0.05, 0) is 34.6 Å². The number of carbonyl (C=O) groups excluding carboxylic acids is 1. The van der Waals surface area contributed by atoms with Crippen LogP contribution in [0.25, 0.3) is 0 Å². The second-order valence-corrected chi connectivity index (χ2v) is 6.01. The van der Waals surface area contributed by atoms with Gasteiger partial charge >= 0.3 is 6.09 Å². The number of amides is 1. The molecule has 1 aromatic heterocycles. The van der Waals surface area contributed by atoms with Crippen molar-refractivity contribution in [2.75, 3.05) is 13.1 Å². The summed E-state index contributed by atoms with van der Waals surface area (Å²) in [5, 5.41) is 6.00. The van der Waals surface area contributed by atoms with Crippen LogP contribution in [0.15, 0.2) is 24.5 Å². The number of alkyl carbamates (subject to hydrolysis) is 1. The Bertz CT molecular complexity index is 509. The van der Waals surface area contributed by atoms with E-state index in [-0.39, 0.29) is 6.04 Å². The number of carbonyl (C=O) groups is 1. The van der Waals surface area contributed by atoms with Crippen LogP contribution in [-0.4, -0.2) is 34.8 Å². The lowest BCUT2D eigenvalue weighted by molar-refractivity contribution is 0.0534. The van der Waals surface area contributed by atoms with Gasteiger partial charge in [-0.15, -0.1) is 0 Å². The quantitative estimate of drug-likeness (QED) is 0.790. The molecule has 1 heterocycles. The molecule has 1 aromatic rings. The van der Waals surface area contributed by atoms with E-state index in [9.17, 15) is 4.79 Å². The molecule has 6 heteroatoms. The van der Waals surface area contributed by atoms with Crippen LogP contribution in [0, 0.1) is 6.92 Å². The first-order chi connectivity index (χ1) is 10.3. The summed E-state index contributed by atoms with van der Waals surface area (Å²) in [5.74, 6) is 0. The predicted octanol–water partition coefficient (Wildman–Crippen LogP) is 2.52. The molecule has 2 N–H and O–H groups in total. The van der Waals surface area contributed by atoms with Gasteiger partial charge in [0.15, 0.2) is 0 Å². The van der Waals surface area contributed by atoms with Crippen LogP contribution in [-0.2, 0) is 4.74 Å². The first-order valence-electron chi connectivity index (χ1n) is 7.42. The van der Waals surface area contributed by atoms with Crippen molar-refractivity contribution in [3.8, 4) is 0 Å². The highest BCUT2D eigenvalue weighted by atomic mass is 16.6. The summed E-state index contributed by atoms with van der Waals surface area (Å²) in [4.78, 5) is 20.0. The Morgan fingerprint density at radius 1 is 1.27 bits per heavy atom. The van der Waals surface area contributed by atoms with Crippen molar-refractivity contribution in [2.24, 2.45) is 0 Å². The molecular weight excluding hydrogens is 280 g/mol. The SMILES string of the molecule is Cc1nccnc1C(C)NC/C=C/CNC(=O)OC(C)(C)C. The lowest BCUT2D eigenvalue weighted by Gasteiger charge is -2.19. The van der Waals surface area contributed by atoms with Gasteiger partial charge in [0.2, 0.25) is 0 Å². The molecule has 1 amide bonds. The third-order valence-electron chi connectivity index (χ3n) is 2.80. The van der Waals surface area contributed by atoms with E-state index in [2.05, 4.69) is 20.6 Å². The van der Waals surface area contributed by atoms with Gasteiger partial charge in [0.05, 0.1) is 11.4 Å². The Morgan fingerprint density at radius 3 is 2.55 bits per heavy atom. The van der Waals surface area contributed by atoms with E-state index in [1.807, 2.05) is 46.8 Å². The van der Waals surface area contributed by atoms with Crippen molar-refractivity contribution in [2.45, 2.75) is 46.3 Å². The molecule has 0 radical (unpaired) electrons. The van der Waals surface area contributed by atoms with Gasteiger partial charge in [-0.25, -0.2) is 4.79 Å². The predicted molar refractivity (Wildman–Crippen MR) is 86.6 cm³/mol. The summed E-state index contributed by atoms with van der Waals surface area (Å²) >= 11 is 0. The number of aromatic nitrogens is 2. The molecule has 1 unspecified atom stereocenters. The maximum absolute atomic E-state index is 11.4. The largest absolute Gasteiger partial charge is 0.444 e. The fraction of sp³-hybridized carbons (Fsp3) is 0.562. The van der Waals surface area contributed by atoms with E-state index >= 15 is 0 Å². The molecule has 1 rings (SSSR count). The van der Waals surface area contributed by atoms with Crippen molar-refractivity contribution in [3.05, 3.63) is 35.9 Å². The zero-order chi connectivity index (χ0) is 16.6. The van der Waals surface area contributed by atoms with Crippen molar-refractivity contribution in [1.29, 1.82) is 0 Å². The molecule has 1 atom stereocenters. The molecule has 0 saturated carbocycles. The molecule has 0 saturated heterocycles. The van der Waals surface area contributed by atoms with Crippen molar-refractivity contribution in [1.82, 2.24) is 20.6 Å². The maximum Gasteiger partial charge on any atom is 0.407 e. The minimum Gasteiger partial charge on any atom is -0.444 e. The van der Waals surface area contributed by atoms with E-state index < -0.39 is 11.7 Å². The summed E-state index contributed by atoms with van der Waals surface area (Å²) in [6, 6.07) is 0.122. The molecule has 22 heavy (non-hydrogen) atoms. The maximum atomic E-state index is 11.4. The van der Waals surface area contributed by atoms with Gasteiger partial charge in [0, 0.05) is 31.5 Å². The number of hydrogen-bond acceptors (Lipinski definition) is 5. The first kappa shape index (κ1) is 18.1. The third kappa shape index (κ3) is 7.17. The van der Waals surface area contributed by atoms with Crippen molar-refractivity contribution in [3.63, 3.8) is 0 Å². The molecule has 0 fully saturated rings. The molecule has 122 valence electrons.